The van der Waals surface area contributed by atoms with Gasteiger partial charge in [0.2, 0.25) is 0 Å². The van der Waals surface area contributed by atoms with Crippen LogP contribution in [0.1, 0.15) is 0 Å². The Bertz CT molecular complexity index is 789. The summed E-state index contributed by atoms with van der Waals surface area (Å²) in [4.78, 5) is 8.81. The molecule has 2 N–H and O–H groups in total. The Morgan fingerprint density at radius 2 is 1.82 bits per heavy atom. The van der Waals surface area contributed by atoms with E-state index < -0.39 is 0 Å². The summed E-state index contributed by atoms with van der Waals surface area (Å²) in [6.45, 7) is 4.53. The van der Waals surface area contributed by atoms with Crippen molar-refractivity contribution in [1.29, 1.82) is 0 Å². The molecule has 0 aromatic heterocycles. The number of phenols is 1. The third-order valence-corrected chi connectivity index (χ3v) is 4.71. The zero-order valence-electron chi connectivity index (χ0n) is 16.5. The van der Waals surface area contributed by atoms with Crippen LogP contribution in [0.4, 0.5) is 5.69 Å². The molecule has 150 valence electrons. The summed E-state index contributed by atoms with van der Waals surface area (Å²) in [5.74, 6) is 2.76. The predicted molar refractivity (Wildman–Crippen MR) is 112 cm³/mol. The van der Waals surface area contributed by atoms with Crippen LogP contribution in [0, 0.1) is 0 Å². The number of hydrogen-bond donors (Lipinski definition) is 2. The van der Waals surface area contributed by atoms with Crippen molar-refractivity contribution in [2.45, 2.75) is 0 Å². The van der Waals surface area contributed by atoms with Crippen LogP contribution in [0.2, 0.25) is 0 Å². The van der Waals surface area contributed by atoms with Crippen molar-refractivity contribution in [1.82, 2.24) is 10.2 Å². The predicted octanol–water partition coefficient (Wildman–Crippen LogP) is 2.18. The quantitative estimate of drug-likeness (QED) is 0.452. The molecule has 7 heteroatoms. The molecule has 0 radical (unpaired) electrons. The van der Waals surface area contributed by atoms with E-state index in [0.29, 0.717) is 18.9 Å². The van der Waals surface area contributed by atoms with E-state index in [1.165, 1.54) is 0 Å². The molecule has 1 saturated heterocycles. The number of phenolic OH excluding ortho intramolecular Hbond substituents is 1. The van der Waals surface area contributed by atoms with Gasteiger partial charge in [-0.1, -0.05) is 18.2 Å². The smallest absolute Gasteiger partial charge is 0.193 e. The Kier molecular flexibility index (Phi) is 6.84. The number of aromatic hydroxyl groups is 1. The van der Waals surface area contributed by atoms with Crippen LogP contribution < -0.4 is 19.7 Å². The molecule has 2 aromatic rings. The summed E-state index contributed by atoms with van der Waals surface area (Å²) in [7, 11) is 3.43. The minimum absolute atomic E-state index is 0.327. The molecule has 0 aliphatic carbocycles. The Morgan fingerprint density at radius 1 is 1.07 bits per heavy atom. The van der Waals surface area contributed by atoms with Crippen LogP contribution in [0.5, 0.6) is 17.2 Å². The summed E-state index contributed by atoms with van der Waals surface area (Å²) in [6, 6.07) is 15.0. The number of guanidine groups is 1. The molecule has 3 rings (SSSR count). The Hall–Kier alpha value is -3.09. The first kappa shape index (κ1) is 19.7. The Balaban J connectivity index is 1.44. The average molecular weight is 384 g/mol. The van der Waals surface area contributed by atoms with Gasteiger partial charge in [-0.2, -0.15) is 0 Å². The van der Waals surface area contributed by atoms with Gasteiger partial charge in [-0.25, -0.2) is 0 Å². The van der Waals surface area contributed by atoms with Gasteiger partial charge in [0, 0.05) is 39.3 Å². The minimum atomic E-state index is 0.327. The summed E-state index contributed by atoms with van der Waals surface area (Å²) >= 11 is 0. The van der Waals surface area contributed by atoms with Crippen molar-refractivity contribution in [3.63, 3.8) is 0 Å². The lowest BCUT2D eigenvalue weighted by Crippen LogP contribution is -2.53. The van der Waals surface area contributed by atoms with E-state index in [1.54, 1.807) is 20.2 Å². The van der Waals surface area contributed by atoms with Gasteiger partial charge in [0.25, 0.3) is 0 Å². The number of benzene rings is 2. The summed E-state index contributed by atoms with van der Waals surface area (Å²) in [6.07, 6.45) is 0. The molecular formula is C21H28N4O3. The average Bonchev–Trinajstić information content (AvgIpc) is 2.75. The van der Waals surface area contributed by atoms with Crippen LogP contribution >= 0.6 is 0 Å². The van der Waals surface area contributed by atoms with E-state index in [-0.39, 0.29) is 0 Å². The van der Waals surface area contributed by atoms with Crippen molar-refractivity contribution in [3.8, 4) is 17.2 Å². The van der Waals surface area contributed by atoms with Crippen molar-refractivity contribution >= 4 is 11.6 Å². The van der Waals surface area contributed by atoms with Crippen LogP contribution in [-0.4, -0.2) is 69.5 Å². The van der Waals surface area contributed by atoms with Crippen LogP contribution in [0.3, 0.4) is 0 Å². The molecule has 0 atom stereocenters. The molecule has 0 bridgehead atoms. The lowest BCUT2D eigenvalue weighted by atomic mass is 10.2. The van der Waals surface area contributed by atoms with Gasteiger partial charge in [0.15, 0.2) is 5.96 Å². The highest BCUT2D eigenvalue weighted by molar-refractivity contribution is 5.80. The lowest BCUT2D eigenvalue weighted by Gasteiger charge is -2.37. The lowest BCUT2D eigenvalue weighted by molar-refractivity contribution is 0.312. The number of aliphatic imine (C=N–C) groups is 1. The second-order valence-corrected chi connectivity index (χ2v) is 6.46. The van der Waals surface area contributed by atoms with Gasteiger partial charge in [-0.05, 0) is 24.3 Å². The molecule has 1 aliphatic heterocycles. The monoisotopic (exact) mass is 384 g/mol. The molecular weight excluding hydrogens is 356 g/mol. The number of rotatable bonds is 6. The van der Waals surface area contributed by atoms with Gasteiger partial charge in [-0.3, -0.25) is 4.99 Å². The van der Waals surface area contributed by atoms with Crippen molar-refractivity contribution in [3.05, 3.63) is 48.5 Å². The molecule has 0 unspecified atom stereocenters. The Morgan fingerprint density at radius 3 is 2.54 bits per heavy atom. The third-order valence-electron chi connectivity index (χ3n) is 4.71. The van der Waals surface area contributed by atoms with Crippen LogP contribution in [0.15, 0.2) is 53.5 Å². The summed E-state index contributed by atoms with van der Waals surface area (Å²) in [5.41, 5.74) is 0.886. The molecule has 28 heavy (non-hydrogen) atoms. The van der Waals surface area contributed by atoms with Gasteiger partial charge < -0.3 is 29.7 Å². The number of hydrogen-bond acceptors (Lipinski definition) is 5. The van der Waals surface area contributed by atoms with Gasteiger partial charge in [0.05, 0.1) is 19.3 Å². The Labute approximate surface area is 166 Å². The fraction of sp³-hybridized carbons (Fsp3) is 0.381. The highest BCUT2D eigenvalue weighted by Crippen LogP contribution is 2.27. The zero-order valence-corrected chi connectivity index (χ0v) is 16.5. The van der Waals surface area contributed by atoms with Crippen LogP contribution in [-0.2, 0) is 0 Å². The standard InChI is InChI=1S/C21H28N4O3/c1-22-21(23-10-15-28-18-7-5-6-17(16-18)27-2)25-13-11-24(12-14-25)19-8-3-4-9-20(19)26/h3-9,16,26H,10-15H2,1-2H3,(H,22,23). The highest BCUT2D eigenvalue weighted by atomic mass is 16.5. The molecule has 1 fully saturated rings. The van der Waals surface area contributed by atoms with Crippen molar-refractivity contribution in [2.24, 2.45) is 4.99 Å². The largest absolute Gasteiger partial charge is 0.506 e. The fourth-order valence-corrected chi connectivity index (χ4v) is 3.25. The molecule has 2 aromatic carbocycles. The zero-order chi connectivity index (χ0) is 19.8. The molecule has 0 saturated carbocycles. The summed E-state index contributed by atoms with van der Waals surface area (Å²) in [5, 5.41) is 13.4. The van der Waals surface area contributed by atoms with Crippen LogP contribution in [0.25, 0.3) is 0 Å². The molecule has 1 aliphatic rings. The van der Waals surface area contributed by atoms with Gasteiger partial charge in [-0.15, -0.1) is 0 Å². The normalized spacial score (nSPS) is 14.7. The molecule has 0 spiro atoms. The SMILES string of the molecule is CN=C(NCCOc1cccc(OC)c1)N1CCN(c2ccccc2O)CC1. The number of ether oxygens (including phenoxy) is 2. The number of piperazine rings is 1. The maximum absolute atomic E-state index is 10.0. The van der Waals surface area contributed by atoms with Crippen molar-refractivity contribution in [2.75, 3.05) is 58.4 Å². The van der Waals surface area contributed by atoms with E-state index in [2.05, 4.69) is 20.1 Å². The van der Waals surface area contributed by atoms with E-state index >= 15 is 0 Å². The molecule has 7 nitrogen and oxygen atoms in total. The highest BCUT2D eigenvalue weighted by Gasteiger charge is 2.21. The topological polar surface area (TPSA) is 69.6 Å². The first-order valence-electron chi connectivity index (χ1n) is 9.46. The summed E-state index contributed by atoms with van der Waals surface area (Å²) < 4.78 is 11.0. The number of nitrogens with one attached hydrogen (secondary N) is 1. The van der Waals surface area contributed by atoms with Gasteiger partial charge in [0.1, 0.15) is 23.9 Å². The first-order chi connectivity index (χ1) is 13.7. The van der Waals surface area contributed by atoms with Crippen molar-refractivity contribution < 1.29 is 14.6 Å². The molecule has 0 amide bonds. The number of anilines is 1. The van der Waals surface area contributed by atoms with E-state index in [4.69, 9.17) is 9.47 Å². The maximum Gasteiger partial charge on any atom is 0.193 e. The van der Waals surface area contributed by atoms with Gasteiger partial charge >= 0.3 is 0 Å². The second-order valence-electron chi connectivity index (χ2n) is 6.46. The first-order valence-corrected chi connectivity index (χ1v) is 9.46. The van der Waals surface area contributed by atoms with E-state index in [1.807, 2.05) is 42.5 Å². The number of methoxy groups -OCH3 is 1. The number of para-hydroxylation sites is 2. The molecule has 1 heterocycles. The second kappa shape index (κ2) is 9.73. The van der Waals surface area contributed by atoms with E-state index in [0.717, 1.165) is 49.3 Å². The third kappa shape index (κ3) is 5.00. The fourth-order valence-electron chi connectivity index (χ4n) is 3.25. The van der Waals surface area contributed by atoms with E-state index in [9.17, 15) is 5.11 Å². The number of nitrogens with zero attached hydrogens (tertiary/aromatic N) is 3. The minimum Gasteiger partial charge on any atom is -0.506 e. The maximum atomic E-state index is 10.0.